The van der Waals surface area contributed by atoms with Crippen LogP contribution in [0.1, 0.15) is 27.6 Å². The van der Waals surface area contributed by atoms with Gasteiger partial charge in [0.05, 0.1) is 12.8 Å². The van der Waals surface area contributed by atoms with Crippen molar-refractivity contribution in [3.8, 4) is 17.2 Å². The molecule has 0 aliphatic carbocycles. The van der Waals surface area contributed by atoms with E-state index in [9.17, 15) is 9.59 Å². The number of esters is 1. The molecule has 28 heavy (non-hydrogen) atoms. The molecular weight excluding hydrogens is 358 g/mol. The van der Waals surface area contributed by atoms with Gasteiger partial charge in [-0.05, 0) is 55.5 Å². The Balaban J connectivity index is 1.64. The summed E-state index contributed by atoms with van der Waals surface area (Å²) < 4.78 is 16.2. The van der Waals surface area contributed by atoms with Gasteiger partial charge in [0.25, 0.3) is 0 Å². The second-order valence-corrected chi connectivity index (χ2v) is 5.74. The molecule has 3 aromatic rings. The zero-order chi connectivity index (χ0) is 19.8. The van der Waals surface area contributed by atoms with Crippen molar-refractivity contribution in [3.63, 3.8) is 0 Å². The number of nitrogens with zero attached hydrogens (tertiary/aromatic N) is 1. The summed E-state index contributed by atoms with van der Waals surface area (Å²) in [7, 11) is 0. The summed E-state index contributed by atoms with van der Waals surface area (Å²) in [6, 6.07) is 16.8. The van der Waals surface area contributed by atoms with Crippen LogP contribution in [0.15, 0.2) is 73.1 Å². The summed E-state index contributed by atoms with van der Waals surface area (Å²) in [5, 5.41) is 0. The number of hydrogen-bond donors (Lipinski definition) is 0. The molecule has 6 nitrogen and oxygen atoms in total. The monoisotopic (exact) mass is 377 g/mol. The maximum atomic E-state index is 12.4. The number of para-hydroxylation sites is 1. The number of ketones is 1. The standard InChI is InChI=1S/C22H19NO5/c1-2-26-17-11-9-16(10-12-17)20(24)15-27-22(25)19-7-3-4-8-21(19)28-18-6-5-13-23-14-18/h3-14H,2,15H2,1H3. The molecule has 0 bridgehead atoms. The Kier molecular flexibility index (Phi) is 6.36. The minimum Gasteiger partial charge on any atom is -0.494 e. The molecule has 0 spiro atoms. The first-order chi connectivity index (χ1) is 13.7. The van der Waals surface area contributed by atoms with Crippen LogP contribution in [0.4, 0.5) is 0 Å². The van der Waals surface area contributed by atoms with E-state index in [4.69, 9.17) is 14.2 Å². The van der Waals surface area contributed by atoms with Gasteiger partial charge in [-0.1, -0.05) is 12.1 Å². The summed E-state index contributed by atoms with van der Waals surface area (Å²) in [4.78, 5) is 28.7. The van der Waals surface area contributed by atoms with Gasteiger partial charge in [0.15, 0.2) is 12.4 Å². The first-order valence-electron chi connectivity index (χ1n) is 8.77. The number of ether oxygens (including phenoxy) is 3. The van der Waals surface area contributed by atoms with E-state index in [2.05, 4.69) is 4.98 Å². The number of rotatable bonds is 8. The molecule has 1 heterocycles. The lowest BCUT2D eigenvalue weighted by Gasteiger charge is -2.10. The highest BCUT2D eigenvalue weighted by Crippen LogP contribution is 2.25. The number of carbonyl (C=O) groups excluding carboxylic acids is 2. The van der Waals surface area contributed by atoms with Crippen LogP contribution >= 0.6 is 0 Å². The average Bonchev–Trinajstić information content (AvgIpc) is 2.74. The van der Waals surface area contributed by atoms with Gasteiger partial charge in [0, 0.05) is 11.8 Å². The van der Waals surface area contributed by atoms with Crippen LogP contribution in [-0.4, -0.2) is 30.0 Å². The Hall–Kier alpha value is -3.67. The van der Waals surface area contributed by atoms with E-state index < -0.39 is 5.97 Å². The van der Waals surface area contributed by atoms with Crippen molar-refractivity contribution < 1.29 is 23.8 Å². The van der Waals surface area contributed by atoms with Crippen molar-refractivity contribution >= 4 is 11.8 Å². The number of hydrogen-bond acceptors (Lipinski definition) is 6. The second-order valence-electron chi connectivity index (χ2n) is 5.74. The Morgan fingerprint density at radius 2 is 1.71 bits per heavy atom. The molecule has 0 atom stereocenters. The number of carbonyl (C=O) groups is 2. The minimum absolute atomic E-state index is 0.228. The molecule has 0 aliphatic rings. The molecule has 0 N–H and O–H groups in total. The maximum absolute atomic E-state index is 12.4. The number of Topliss-reactive ketones (excluding diaryl/α,β-unsaturated/α-hetero) is 1. The fraction of sp³-hybridized carbons (Fsp3) is 0.136. The van der Waals surface area contributed by atoms with Gasteiger partial charge in [0.2, 0.25) is 0 Å². The van der Waals surface area contributed by atoms with E-state index in [-0.39, 0.29) is 18.0 Å². The third-order valence-corrected chi connectivity index (χ3v) is 3.79. The molecule has 0 saturated heterocycles. The molecule has 0 unspecified atom stereocenters. The van der Waals surface area contributed by atoms with E-state index in [1.54, 1.807) is 66.9 Å². The van der Waals surface area contributed by atoms with Gasteiger partial charge in [-0.25, -0.2) is 4.79 Å². The summed E-state index contributed by atoms with van der Waals surface area (Å²) in [5.74, 6) is 0.556. The molecular formula is C22H19NO5. The summed E-state index contributed by atoms with van der Waals surface area (Å²) in [5.41, 5.74) is 0.669. The summed E-state index contributed by atoms with van der Waals surface area (Å²) >= 11 is 0. The molecule has 0 fully saturated rings. The van der Waals surface area contributed by atoms with Crippen LogP contribution in [0.5, 0.6) is 17.2 Å². The lowest BCUT2D eigenvalue weighted by atomic mass is 10.1. The van der Waals surface area contributed by atoms with Crippen molar-refractivity contribution in [2.24, 2.45) is 0 Å². The highest BCUT2D eigenvalue weighted by atomic mass is 16.5. The van der Waals surface area contributed by atoms with Gasteiger partial charge >= 0.3 is 5.97 Å². The van der Waals surface area contributed by atoms with E-state index in [1.165, 1.54) is 6.20 Å². The predicted octanol–water partition coefficient (Wildman–Crippen LogP) is 4.31. The van der Waals surface area contributed by atoms with Gasteiger partial charge in [-0.15, -0.1) is 0 Å². The molecule has 0 saturated carbocycles. The van der Waals surface area contributed by atoms with Gasteiger partial charge in [-0.3, -0.25) is 9.78 Å². The molecule has 0 radical (unpaired) electrons. The molecule has 0 amide bonds. The lowest BCUT2D eigenvalue weighted by Crippen LogP contribution is -2.14. The fourth-order valence-electron chi connectivity index (χ4n) is 2.45. The highest BCUT2D eigenvalue weighted by molar-refractivity contribution is 6.00. The van der Waals surface area contributed by atoms with Crippen LogP contribution in [-0.2, 0) is 4.74 Å². The van der Waals surface area contributed by atoms with E-state index in [0.29, 0.717) is 29.4 Å². The number of pyridine rings is 1. The zero-order valence-electron chi connectivity index (χ0n) is 15.3. The van der Waals surface area contributed by atoms with Crippen molar-refractivity contribution in [2.75, 3.05) is 13.2 Å². The van der Waals surface area contributed by atoms with Crippen LogP contribution in [0, 0.1) is 0 Å². The summed E-state index contributed by atoms with van der Waals surface area (Å²) in [6.07, 6.45) is 3.16. The molecule has 0 aliphatic heterocycles. The molecule has 3 rings (SSSR count). The number of benzene rings is 2. The van der Waals surface area contributed by atoms with E-state index in [0.717, 1.165) is 0 Å². The topological polar surface area (TPSA) is 74.7 Å². The first-order valence-corrected chi connectivity index (χ1v) is 8.77. The Labute approximate surface area is 162 Å². The van der Waals surface area contributed by atoms with Gasteiger partial charge in [-0.2, -0.15) is 0 Å². The minimum atomic E-state index is -0.640. The molecule has 6 heteroatoms. The Morgan fingerprint density at radius 1 is 0.929 bits per heavy atom. The third kappa shape index (κ3) is 4.94. The SMILES string of the molecule is CCOc1ccc(C(=O)COC(=O)c2ccccc2Oc2cccnc2)cc1. The predicted molar refractivity (Wildman–Crippen MR) is 103 cm³/mol. The second kappa shape index (κ2) is 9.32. The van der Waals surface area contributed by atoms with Gasteiger partial charge in [0.1, 0.15) is 22.8 Å². The van der Waals surface area contributed by atoms with Crippen molar-refractivity contribution in [2.45, 2.75) is 6.92 Å². The smallest absolute Gasteiger partial charge is 0.342 e. The Bertz CT molecular complexity index is 939. The molecule has 142 valence electrons. The van der Waals surface area contributed by atoms with E-state index >= 15 is 0 Å². The van der Waals surface area contributed by atoms with Crippen molar-refractivity contribution in [1.82, 2.24) is 4.98 Å². The normalized spacial score (nSPS) is 10.2. The molecule has 2 aromatic carbocycles. The molecule has 1 aromatic heterocycles. The lowest BCUT2D eigenvalue weighted by molar-refractivity contribution is 0.0472. The van der Waals surface area contributed by atoms with Crippen LogP contribution in [0.2, 0.25) is 0 Å². The fourth-order valence-corrected chi connectivity index (χ4v) is 2.45. The van der Waals surface area contributed by atoms with Crippen molar-refractivity contribution in [1.29, 1.82) is 0 Å². The van der Waals surface area contributed by atoms with Crippen LogP contribution < -0.4 is 9.47 Å². The quantitative estimate of drug-likeness (QED) is 0.430. The zero-order valence-corrected chi connectivity index (χ0v) is 15.3. The number of aromatic nitrogens is 1. The van der Waals surface area contributed by atoms with Crippen LogP contribution in [0.25, 0.3) is 0 Å². The van der Waals surface area contributed by atoms with E-state index in [1.807, 2.05) is 6.92 Å². The van der Waals surface area contributed by atoms with Crippen molar-refractivity contribution in [3.05, 3.63) is 84.2 Å². The van der Waals surface area contributed by atoms with Gasteiger partial charge < -0.3 is 14.2 Å². The first kappa shape index (κ1) is 19.1. The largest absolute Gasteiger partial charge is 0.494 e. The van der Waals surface area contributed by atoms with Crippen LogP contribution in [0.3, 0.4) is 0 Å². The maximum Gasteiger partial charge on any atom is 0.342 e. The summed E-state index contributed by atoms with van der Waals surface area (Å²) in [6.45, 7) is 2.06. The Morgan fingerprint density at radius 3 is 2.43 bits per heavy atom. The average molecular weight is 377 g/mol. The highest BCUT2D eigenvalue weighted by Gasteiger charge is 2.16. The third-order valence-electron chi connectivity index (χ3n) is 3.79.